The molecule has 3 aromatic carbocycles. The number of nitrogens with one attached hydrogen (secondary N) is 3. The second-order valence-electron chi connectivity index (χ2n) is 6.91. The smallest absolute Gasteiger partial charge is 0.255 e. The highest BCUT2D eigenvalue weighted by atomic mass is 19.1. The van der Waals surface area contributed by atoms with Crippen molar-refractivity contribution in [1.29, 1.82) is 0 Å². The molecule has 5 rings (SSSR count). The van der Waals surface area contributed by atoms with Gasteiger partial charge in [0.05, 0.1) is 16.8 Å². The zero-order valence-electron chi connectivity index (χ0n) is 15.3. The molecule has 4 aromatic rings. The van der Waals surface area contributed by atoms with E-state index in [1.54, 1.807) is 6.07 Å². The van der Waals surface area contributed by atoms with Crippen LogP contribution in [0.15, 0.2) is 66.9 Å². The maximum atomic E-state index is 13.1. The van der Waals surface area contributed by atoms with Gasteiger partial charge >= 0.3 is 0 Å². The molecular formula is C23H16FN3O2. The Bertz CT molecular complexity index is 1280. The number of para-hydroxylation sites is 1. The lowest BCUT2D eigenvalue weighted by atomic mass is 9.94. The molecule has 2 heterocycles. The van der Waals surface area contributed by atoms with Crippen molar-refractivity contribution in [3.8, 4) is 11.1 Å². The molecule has 3 N–H and O–H groups in total. The summed E-state index contributed by atoms with van der Waals surface area (Å²) in [6.45, 7) is 0.390. The molecule has 0 bridgehead atoms. The third kappa shape index (κ3) is 2.86. The molecule has 0 radical (unpaired) electrons. The van der Waals surface area contributed by atoms with E-state index in [0.717, 1.165) is 27.6 Å². The van der Waals surface area contributed by atoms with E-state index in [4.69, 9.17) is 0 Å². The SMILES string of the molecule is O=C(Nc1ccc(-c2cccc3cc[nH]c23)c2c1C(=O)NC2)c1ccc(F)cc1. The van der Waals surface area contributed by atoms with Crippen LogP contribution in [0.3, 0.4) is 0 Å². The van der Waals surface area contributed by atoms with Gasteiger partial charge in [-0.15, -0.1) is 0 Å². The summed E-state index contributed by atoms with van der Waals surface area (Å²) in [5.41, 5.74) is 4.99. The van der Waals surface area contributed by atoms with Crippen LogP contribution < -0.4 is 10.6 Å². The highest BCUT2D eigenvalue weighted by Crippen LogP contribution is 2.36. The number of H-pyrrole nitrogens is 1. The van der Waals surface area contributed by atoms with Gasteiger partial charge in [-0.3, -0.25) is 9.59 Å². The molecule has 5 nitrogen and oxygen atoms in total. The molecule has 142 valence electrons. The molecule has 2 amide bonds. The van der Waals surface area contributed by atoms with E-state index in [0.29, 0.717) is 23.4 Å². The van der Waals surface area contributed by atoms with Crippen LogP contribution in [-0.4, -0.2) is 16.8 Å². The number of carbonyl (C=O) groups is 2. The number of fused-ring (bicyclic) bond motifs is 2. The van der Waals surface area contributed by atoms with Crippen LogP contribution in [0.25, 0.3) is 22.0 Å². The fourth-order valence-corrected chi connectivity index (χ4v) is 3.81. The Morgan fingerprint density at radius 1 is 0.966 bits per heavy atom. The monoisotopic (exact) mass is 385 g/mol. The van der Waals surface area contributed by atoms with Crippen molar-refractivity contribution < 1.29 is 14.0 Å². The Labute approximate surface area is 165 Å². The van der Waals surface area contributed by atoms with Gasteiger partial charge in [-0.2, -0.15) is 0 Å². The van der Waals surface area contributed by atoms with E-state index in [1.807, 2.05) is 36.5 Å². The summed E-state index contributed by atoms with van der Waals surface area (Å²) in [7, 11) is 0. The molecule has 1 aliphatic rings. The zero-order valence-corrected chi connectivity index (χ0v) is 15.3. The molecule has 6 heteroatoms. The van der Waals surface area contributed by atoms with Crippen molar-refractivity contribution in [3.63, 3.8) is 0 Å². The van der Waals surface area contributed by atoms with Crippen molar-refractivity contribution in [2.75, 3.05) is 5.32 Å². The Kier molecular flexibility index (Phi) is 3.91. The quantitative estimate of drug-likeness (QED) is 0.487. The molecule has 0 saturated heterocycles. The van der Waals surface area contributed by atoms with Gasteiger partial charge in [0.15, 0.2) is 0 Å². The summed E-state index contributed by atoms with van der Waals surface area (Å²) in [5, 5.41) is 6.72. The fraction of sp³-hybridized carbons (Fsp3) is 0.0435. The van der Waals surface area contributed by atoms with Crippen molar-refractivity contribution in [3.05, 3.63) is 89.4 Å². The maximum Gasteiger partial charge on any atom is 0.255 e. The van der Waals surface area contributed by atoms with Crippen LogP contribution in [0, 0.1) is 5.82 Å². The Morgan fingerprint density at radius 3 is 2.62 bits per heavy atom. The highest BCUT2D eigenvalue weighted by Gasteiger charge is 2.27. The van der Waals surface area contributed by atoms with Crippen LogP contribution in [0.2, 0.25) is 0 Å². The Balaban J connectivity index is 1.58. The molecule has 1 aromatic heterocycles. The second kappa shape index (κ2) is 6.60. The van der Waals surface area contributed by atoms with Gasteiger partial charge in [0.1, 0.15) is 5.82 Å². The molecular weight excluding hydrogens is 369 g/mol. The fourth-order valence-electron chi connectivity index (χ4n) is 3.81. The Hall–Kier alpha value is -3.93. The van der Waals surface area contributed by atoms with Crippen LogP contribution in [0.1, 0.15) is 26.3 Å². The lowest BCUT2D eigenvalue weighted by molar-refractivity contribution is 0.0966. The van der Waals surface area contributed by atoms with Crippen molar-refractivity contribution >= 4 is 28.4 Å². The predicted molar refractivity (Wildman–Crippen MR) is 109 cm³/mol. The van der Waals surface area contributed by atoms with Crippen molar-refractivity contribution in [1.82, 2.24) is 10.3 Å². The maximum absolute atomic E-state index is 13.1. The average Bonchev–Trinajstić information content (AvgIpc) is 3.36. The topological polar surface area (TPSA) is 74.0 Å². The summed E-state index contributed by atoms with van der Waals surface area (Å²) in [5.74, 6) is -1.04. The van der Waals surface area contributed by atoms with Gasteiger partial charge in [-0.25, -0.2) is 4.39 Å². The number of anilines is 1. The van der Waals surface area contributed by atoms with Crippen LogP contribution >= 0.6 is 0 Å². The number of halogens is 1. The predicted octanol–water partition coefficient (Wildman–Crippen LogP) is 4.47. The van der Waals surface area contributed by atoms with Gasteiger partial charge < -0.3 is 15.6 Å². The molecule has 29 heavy (non-hydrogen) atoms. The molecule has 0 atom stereocenters. The molecule has 0 spiro atoms. The van der Waals surface area contributed by atoms with E-state index in [-0.39, 0.29) is 5.91 Å². The van der Waals surface area contributed by atoms with Gasteiger partial charge in [0.25, 0.3) is 11.8 Å². The van der Waals surface area contributed by atoms with Gasteiger partial charge in [0.2, 0.25) is 0 Å². The lowest BCUT2D eigenvalue weighted by Crippen LogP contribution is -2.17. The average molecular weight is 385 g/mol. The number of rotatable bonds is 3. The first kappa shape index (κ1) is 17.2. The largest absolute Gasteiger partial charge is 0.361 e. The van der Waals surface area contributed by atoms with Crippen LogP contribution in [-0.2, 0) is 6.54 Å². The summed E-state index contributed by atoms with van der Waals surface area (Å²) < 4.78 is 13.1. The first-order valence-corrected chi connectivity index (χ1v) is 9.19. The number of aromatic nitrogens is 1. The van der Waals surface area contributed by atoms with Crippen LogP contribution in [0.5, 0.6) is 0 Å². The lowest BCUT2D eigenvalue weighted by Gasteiger charge is -2.13. The minimum Gasteiger partial charge on any atom is -0.361 e. The third-order valence-electron chi connectivity index (χ3n) is 5.20. The highest BCUT2D eigenvalue weighted by molar-refractivity contribution is 6.12. The van der Waals surface area contributed by atoms with Crippen LogP contribution in [0.4, 0.5) is 10.1 Å². The molecule has 0 unspecified atom stereocenters. The molecule has 1 aliphatic heterocycles. The van der Waals surface area contributed by atoms with E-state index in [1.165, 1.54) is 24.3 Å². The molecule has 0 aliphatic carbocycles. The van der Waals surface area contributed by atoms with E-state index in [2.05, 4.69) is 15.6 Å². The summed E-state index contributed by atoms with van der Waals surface area (Å²) in [6, 6.07) is 16.9. The van der Waals surface area contributed by atoms with E-state index in [9.17, 15) is 14.0 Å². The second-order valence-corrected chi connectivity index (χ2v) is 6.91. The van der Waals surface area contributed by atoms with Crippen molar-refractivity contribution in [2.45, 2.75) is 6.54 Å². The standard InChI is InChI=1S/C23H16FN3O2/c24-15-6-4-14(5-7-15)22(28)27-19-9-8-16(18-12-26-23(29)20(18)19)17-3-1-2-13-10-11-25-21(13)17/h1-11,25H,12H2,(H,26,29)(H,27,28). The third-order valence-corrected chi connectivity index (χ3v) is 5.20. The minimum atomic E-state index is -0.412. The normalized spacial score (nSPS) is 12.7. The zero-order chi connectivity index (χ0) is 20.0. The summed E-state index contributed by atoms with van der Waals surface area (Å²) in [4.78, 5) is 28.3. The van der Waals surface area contributed by atoms with Gasteiger partial charge in [-0.05, 0) is 52.9 Å². The van der Waals surface area contributed by atoms with E-state index < -0.39 is 11.7 Å². The molecule has 0 saturated carbocycles. The minimum absolute atomic E-state index is 0.227. The van der Waals surface area contributed by atoms with Gasteiger partial charge in [-0.1, -0.05) is 24.3 Å². The van der Waals surface area contributed by atoms with Crippen molar-refractivity contribution in [2.24, 2.45) is 0 Å². The number of carbonyl (C=O) groups excluding carboxylic acids is 2. The van der Waals surface area contributed by atoms with E-state index >= 15 is 0 Å². The molecule has 0 fully saturated rings. The first-order chi connectivity index (χ1) is 14.1. The number of hydrogen-bond donors (Lipinski definition) is 3. The van der Waals surface area contributed by atoms with Gasteiger partial charge in [0, 0.05) is 23.9 Å². The number of amides is 2. The Morgan fingerprint density at radius 2 is 1.79 bits per heavy atom. The first-order valence-electron chi connectivity index (χ1n) is 9.19. The summed E-state index contributed by atoms with van der Waals surface area (Å²) in [6.07, 6.45) is 1.88. The number of benzene rings is 3. The number of aromatic amines is 1. The summed E-state index contributed by atoms with van der Waals surface area (Å²) >= 11 is 0. The number of hydrogen-bond acceptors (Lipinski definition) is 2.